The molecule has 0 saturated carbocycles. The number of aromatic nitrogens is 1. The predicted molar refractivity (Wildman–Crippen MR) is 124 cm³/mol. The maximum Gasteiger partial charge on any atom is 0.338 e. The number of rotatable bonds is 5. The number of carbonyl (C=O) groups is 1. The first-order valence-electron chi connectivity index (χ1n) is 11.1. The molecule has 4 rings (SSSR count). The number of morpholine rings is 1. The second-order valence-electron chi connectivity index (χ2n) is 8.70. The van der Waals surface area contributed by atoms with Crippen molar-refractivity contribution in [2.75, 3.05) is 26.3 Å². The molecule has 0 N–H and O–H groups in total. The number of nitrogens with zero attached hydrogens (tertiary/aromatic N) is 2. The third kappa shape index (κ3) is 4.25. The zero-order chi connectivity index (χ0) is 22.1. The highest BCUT2D eigenvalue weighted by Gasteiger charge is 2.26. The van der Waals surface area contributed by atoms with E-state index in [1.54, 1.807) is 0 Å². The molecule has 164 valence electrons. The molecule has 5 heteroatoms. The fraction of sp³-hybridized carbons (Fsp3) is 0.423. The second-order valence-corrected chi connectivity index (χ2v) is 8.70. The Bertz CT molecular complexity index is 1090. The Morgan fingerprint density at radius 1 is 1.06 bits per heavy atom. The summed E-state index contributed by atoms with van der Waals surface area (Å²) in [6, 6.07) is 12.8. The number of aryl methyl sites for hydroxylation is 1. The van der Waals surface area contributed by atoms with Crippen LogP contribution in [0.1, 0.15) is 54.0 Å². The minimum atomic E-state index is -0.262. The van der Waals surface area contributed by atoms with Crippen molar-refractivity contribution in [2.45, 2.75) is 46.8 Å². The van der Waals surface area contributed by atoms with Gasteiger partial charge in [-0.05, 0) is 57.9 Å². The zero-order valence-electron chi connectivity index (χ0n) is 19.1. The quantitative estimate of drug-likeness (QED) is 0.534. The summed E-state index contributed by atoms with van der Waals surface area (Å²) in [6.45, 7) is 13.4. The molecule has 0 aliphatic carbocycles. The SMILES string of the molecule is Cc1cccc(-c2ccn3c(C(C)N4CCOCC4)c(C)c(C(=O)OC(C)C)cc23)c1. The van der Waals surface area contributed by atoms with Gasteiger partial charge in [-0.2, -0.15) is 0 Å². The van der Waals surface area contributed by atoms with Crippen molar-refractivity contribution in [3.05, 3.63) is 65.0 Å². The molecule has 1 fully saturated rings. The number of hydrogen-bond donors (Lipinski definition) is 0. The topological polar surface area (TPSA) is 43.2 Å². The molecule has 0 amide bonds. The first-order chi connectivity index (χ1) is 14.9. The number of fused-ring (bicyclic) bond motifs is 1. The lowest BCUT2D eigenvalue weighted by Crippen LogP contribution is -2.39. The Morgan fingerprint density at radius 3 is 2.48 bits per heavy atom. The van der Waals surface area contributed by atoms with Crippen LogP contribution in [0.5, 0.6) is 0 Å². The van der Waals surface area contributed by atoms with Gasteiger partial charge in [-0.1, -0.05) is 29.8 Å². The molecule has 1 unspecified atom stereocenters. The molecule has 1 aliphatic rings. The van der Waals surface area contributed by atoms with E-state index in [-0.39, 0.29) is 18.1 Å². The molecule has 3 aromatic rings. The number of benzene rings is 1. The molecule has 0 spiro atoms. The van der Waals surface area contributed by atoms with Gasteiger partial charge in [-0.15, -0.1) is 0 Å². The average Bonchev–Trinajstić information content (AvgIpc) is 3.16. The Balaban J connectivity index is 1.91. The van der Waals surface area contributed by atoms with Gasteiger partial charge in [0, 0.05) is 36.6 Å². The summed E-state index contributed by atoms with van der Waals surface area (Å²) in [7, 11) is 0. The van der Waals surface area contributed by atoms with Crippen molar-refractivity contribution in [2.24, 2.45) is 0 Å². The predicted octanol–water partition coefficient (Wildman–Crippen LogP) is 5.18. The van der Waals surface area contributed by atoms with Crippen LogP contribution in [-0.4, -0.2) is 47.7 Å². The number of ether oxygens (including phenoxy) is 2. The van der Waals surface area contributed by atoms with Crippen LogP contribution in [0.2, 0.25) is 0 Å². The van der Waals surface area contributed by atoms with E-state index in [1.165, 1.54) is 5.56 Å². The van der Waals surface area contributed by atoms with Crippen molar-refractivity contribution in [1.29, 1.82) is 0 Å². The minimum absolute atomic E-state index is 0.149. The molecule has 3 heterocycles. The molecular weight excluding hydrogens is 388 g/mol. The third-order valence-corrected chi connectivity index (χ3v) is 6.14. The first-order valence-corrected chi connectivity index (χ1v) is 11.1. The van der Waals surface area contributed by atoms with Crippen LogP contribution in [0, 0.1) is 13.8 Å². The maximum atomic E-state index is 13.0. The number of esters is 1. The molecule has 1 aromatic carbocycles. The maximum absolute atomic E-state index is 13.0. The van der Waals surface area contributed by atoms with E-state index >= 15 is 0 Å². The fourth-order valence-electron chi connectivity index (χ4n) is 4.56. The largest absolute Gasteiger partial charge is 0.459 e. The van der Waals surface area contributed by atoms with Gasteiger partial charge >= 0.3 is 5.97 Å². The van der Waals surface area contributed by atoms with E-state index in [1.807, 2.05) is 26.8 Å². The number of hydrogen-bond acceptors (Lipinski definition) is 4. The fourth-order valence-corrected chi connectivity index (χ4v) is 4.56. The second kappa shape index (κ2) is 8.85. The summed E-state index contributed by atoms with van der Waals surface area (Å²) in [5.74, 6) is -0.262. The molecule has 0 bridgehead atoms. The van der Waals surface area contributed by atoms with Gasteiger partial charge in [0.05, 0.1) is 30.4 Å². The van der Waals surface area contributed by atoms with Gasteiger partial charge in [0.1, 0.15) is 0 Å². The van der Waals surface area contributed by atoms with E-state index in [9.17, 15) is 4.79 Å². The van der Waals surface area contributed by atoms with Gasteiger partial charge in [-0.3, -0.25) is 4.90 Å². The van der Waals surface area contributed by atoms with Gasteiger partial charge < -0.3 is 13.9 Å². The average molecular weight is 421 g/mol. The molecule has 0 radical (unpaired) electrons. The first kappa shape index (κ1) is 21.6. The summed E-state index contributed by atoms with van der Waals surface area (Å²) in [4.78, 5) is 15.5. The molecule has 1 saturated heterocycles. The summed E-state index contributed by atoms with van der Waals surface area (Å²) in [5.41, 5.74) is 7.27. The summed E-state index contributed by atoms with van der Waals surface area (Å²) in [6.07, 6.45) is 1.97. The van der Waals surface area contributed by atoms with Crippen LogP contribution in [0.15, 0.2) is 42.6 Å². The lowest BCUT2D eigenvalue weighted by atomic mass is 9.99. The Kier molecular flexibility index (Phi) is 6.17. The van der Waals surface area contributed by atoms with Gasteiger partial charge in [0.15, 0.2) is 0 Å². The molecular formula is C26H32N2O3. The number of carbonyl (C=O) groups excluding carboxylic acids is 1. The van der Waals surface area contributed by atoms with Crippen LogP contribution >= 0.6 is 0 Å². The molecule has 31 heavy (non-hydrogen) atoms. The standard InChI is InChI=1S/C26H32N2O3/c1-17(2)31-26(29)23-16-24-22(21-8-6-7-18(3)15-21)9-10-28(24)25(19(23)4)20(5)27-11-13-30-14-12-27/h6-10,15-17,20H,11-14H2,1-5H3. The van der Waals surface area contributed by atoms with Crippen LogP contribution < -0.4 is 0 Å². The van der Waals surface area contributed by atoms with Crippen molar-refractivity contribution in [3.63, 3.8) is 0 Å². The van der Waals surface area contributed by atoms with Gasteiger partial charge in [-0.25, -0.2) is 4.79 Å². The summed E-state index contributed by atoms with van der Waals surface area (Å²) >= 11 is 0. The smallest absolute Gasteiger partial charge is 0.338 e. The molecule has 2 aromatic heterocycles. The van der Waals surface area contributed by atoms with Crippen molar-refractivity contribution >= 4 is 11.5 Å². The highest BCUT2D eigenvalue weighted by molar-refractivity contribution is 5.95. The van der Waals surface area contributed by atoms with E-state index in [0.29, 0.717) is 5.56 Å². The highest BCUT2D eigenvalue weighted by Crippen LogP contribution is 2.34. The third-order valence-electron chi connectivity index (χ3n) is 6.14. The van der Waals surface area contributed by atoms with Gasteiger partial charge in [0.25, 0.3) is 0 Å². The van der Waals surface area contributed by atoms with Gasteiger partial charge in [0.2, 0.25) is 0 Å². The summed E-state index contributed by atoms with van der Waals surface area (Å²) in [5, 5.41) is 0. The molecule has 5 nitrogen and oxygen atoms in total. The van der Waals surface area contributed by atoms with E-state index < -0.39 is 0 Å². The summed E-state index contributed by atoms with van der Waals surface area (Å²) < 4.78 is 13.4. The Hall–Kier alpha value is -2.63. The molecule has 1 aliphatic heterocycles. The minimum Gasteiger partial charge on any atom is -0.459 e. The molecule has 1 atom stereocenters. The van der Waals surface area contributed by atoms with Crippen LogP contribution in [0.3, 0.4) is 0 Å². The highest BCUT2D eigenvalue weighted by atomic mass is 16.5. The van der Waals surface area contributed by atoms with Crippen molar-refractivity contribution < 1.29 is 14.3 Å². The van der Waals surface area contributed by atoms with Crippen LogP contribution in [0.4, 0.5) is 0 Å². The normalized spacial score (nSPS) is 16.1. The monoisotopic (exact) mass is 420 g/mol. The van der Waals surface area contributed by atoms with Crippen LogP contribution in [0.25, 0.3) is 16.6 Å². The van der Waals surface area contributed by atoms with E-state index in [4.69, 9.17) is 9.47 Å². The zero-order valence-corrected chi connectivity index (χ0v) is 19.1. The Labute approximate surface area is 184 Å². The Morgan fingerprint density at radius 2 is 1.81 bits per heavy atom. The van der Waals surface area contributed by atoms with Crippen LogP contribution in [-0.2, 0) is 9.47 Å². The lowest BCUT2D eigenvalue weighted by molar-refractivity contribution is 0.0186. The van der Waals surface area contributed by atoms with Crippen molar-refractivity contribution in [3.8, 4) is 11.1 Å². The van der Waals surface area contributed by atoms with Crippen molar-refractivity contribution in [1.82, 2.24) is 9.30 Å². The van der Waals surface area contributed by atoms with E-state index in [2.05, 4.69) is 59.7 Å². The number of pyridine rings is 1. The lowest BCUT2D eigenvalue weighted by Gasteiger charge is -2.34. The van der Waals surface area contributed by atoms with E-state index in [0.717, 1.165) is 54.2 Å².